The first-order valence-electron chi connectivity index (χ1n) is 7.58. The van der Waals surface area contributed by atoms with Gasteiger partial charge in [0.1, 0.15) is 0 Å². The van der Waals surface area contributed by atoms with E-state index in [1.165, 1.54) is 17.5 Å². The van der Waals surface area contributed by atoms with E-state index in [9.17, 15) is 4.79 Å². The van der Waals surface area contributed by atoms with Crippen molar-refractivity contribution in [3.05, 3.63) is 48.0 Å². The number of rotatable bonds is 6. The van der Waals surface area contributed by atoms with Crippen LogP contribution >= 0.6 is 0 Å². The van der Waals surface area contributed by atoms with Gasteiger partial charge >= 0.3 is 6.03 Å². The normalized spacial score (nSPS) is 16.9. The Morgan fingerprint density at radius 2 is 2.29 bits per heavy atom. The minimum atomic E-state index is -0.132. The lowest BCUT2D eigenvalue weighted by Gasteiger charge is -2.27. The lowest BCUT2D eigenvalue weighted by molar-refractivity contribution is 0.183. The molecule has 0 saturated carbocycles. The summed E-state index contributed by atoms with van der Waals surface area (Å²) in [4.78, 5) is 13.7. The van der Waals surface area contributed by atoms with Crippen LogP contribution in [-0.2, 0) is 6.42 Å². The molecule has 21 heavy (non-hydrogen) atoms. The third-order valence-electron chi connectivity index (χ3n) is 4.00. The number of aryl methyl sites for hydroxylation is 1. The monoisotopic (exact) mass is 288 g/mol. The highest BCUT2D eigenvalue weighted by Gasteiger charge is 2.21. The number of amides is 2. The minimum absolute atomic E-state index is 0.0342. The van der Waals surface area contributed by atoms with Crippen LogP contribution in [0.15, 0.2) is 36.9 Å². The Kier molecular flexibility index (Phi) is 5.81. The molecule has 0 aliphatic heterocycles. The van der Waals surface area contributed by atoms with Gasteiger partial charge in [-0.3, -0.25) is 0 Å². The summed E-state index contributed by atoms with van der Waals surface area (Å²) >= 11 is 0. The van der Waals surface area contributed by atoms with E-state index in [2.05, 4.69) is 36.2 Å². The van der Waals surface area contributed by atoms with Crippen LogP contribution in [0.2, 0.25) is 0 Å². The molecular weight excluding hydrogens is 264 g/mol. The zero-order valence-corrected chi connectivity index (χ0v) is 12.4. The van der Waals surface area contributed by atoms with Crippen LogP contribution in [0.5, 0.6) is 0 Å². The fourth-order valence-corrected chi connectivity index (χ4v) is 2.94. The van der Waals surface area contributed by atoms with Gasteiger partial charge in [-0.05, 0) is 30.4 Å². The van der Waals surface area contributed by atoms with Gasteiger partial charge in [-0.1, -0.05) is 30.3 Å². The quantitative estimate of drug-likeness (QED) is 0.789. The molecule has 114 valence electrons. The Morgan fingerprint density at radius 1 is 1.48 bits per heavy atom. The first-order valence-corrected chi connectivity index (χ1v) is 7.58. The van der Waals surface area contributed by atoms with Gasteiger partial charge in [0.15, 0.2) is 0 Å². The zero-order valence-electron chi connectivity index (χ0n) is 12.4. The topological polar surface area (TPSA) is 52.6 Å². The largest absolute Gasteiger partial charge is 0.395 e. The third kappa shape index (κ3) is 4.08. The Hall–Kier alpha value is -1.81. The first kappa shape index (κ1) is 15.6. The molecule has 4 heteroatoms. The molecule has 0 saturated heterocycles. The number of aliphatic hydroxyl groups excluding tert-OH is 1. The van der Waals surface area contributed by atoms with Crippen molar-refractivity contribution in [3.8, 4) is 0 Å². The number of benzene rings is 1. The maximum Gasteiger partial charge on any atom is 0.317 e. The van der Waals surface area contributed by atoms with Gasteiger partial charge < -0.3 is 15.3 Å². The molecule has 2 amide bonds. The van der Waals surface area contributed by atoms with Crippen molar-refractivity contribution in [1.29, 1.82) is 0 Å². The fourth-order valence-electron chi connectivity index (χ4n) is 2.94. The molecule has 2 N–H and O–H groups in total. The Labute approximate surface area is 126 Å². The summed E-state index contributed by atoms with van der Waals surface area (Å²) in [7, 11) is 0. The Morgan fingerprint density at radius 3 is 3.05 bits per heavy atom. The van der Waals surface area contributed by atoms with Crippen LogP contribution in [0.4, 0.5) is 4.79 Å². The van der Waals surface area contributed by atoms with Crippen molar-refractivity contribution in [2.45, 2.75) is 25.2 Å². The summed E-state index contributed by atoms with van der Waals surface area (Å²) in [5.41, 5.74) is 2.77. The van der Waals surface area contributed by atoms with E-state index in [1.54, 1.807) is 11.0 Å². The summed E-state index contributed by atoms with van der Waals surface area (Å²) in [6.07, 6.45) is 5.09. The molecule has 1 unspecified atom stereocenters. The van der Waals surface area contributed by atoms with E-state index in [0.717, 1.165) is 12.8 Å². The molecule has 0 radical (unpaired) electrons. The van der Waals surface area contributed by atoms with E-state index < -0.39 is 0 Å². The van der Waals surface area contributed by atoms with Crippen molar-refractivity contribution in [3.63, 3.8) is 0 Å². The van der Waals surface area contributed by atoms with Crippen LogP contribution in [0.3, 0.4) is 0 Å². The summed E-state index contributed by atoms with van der Waals surface area (Å²) in [6, 6.07) is 8.35. The highest BCUT2D eigenvalue weighted by Crippen LogP contribution is 2.30. The van der Waals surface area contributed by atoms with Gasteiger partial charge in [0.25, 0.3) is 0 Å². The molecule has 0 aromatic heterocycles. The van der Waals surface area contributed by atoms with Crippen LogP contribution in [0.25, 0.3) is 0 Å². The van der Waals surface area contributed by atoms with E-state index in [1.807, 2.05) is 0 Å². The maximum absolute atomic E-state index is 12.1. The van der Waals surface area contributed by atoms with E-state index in [4.69, 9.17) is 5.11 Å². The maximum atomic E-state index is 12.1. The number of hydrogen-bond donors (Lipinski definition) is 2. The number of fused-ring (bicyclic) bond motifs is 1. The van der Waals surface area contributed by atoms with Gasteiger partial charge in [0.05, 0.1) is 6.61 Å². The number of urea groups is 1. The second kappa shape index (κ2) is 7.84. The summed E-state index contributed by atoms with van der Waals surface area (Å²) in [5, 5.41) is 12.0. The molecule has 1 aliphatic rings. The van der Waals surface area contributed by atoms with Crippen molar-refractivity contribution >= 4 is 6.03 Å². The SMILES string of the molecule is C=CCN(CCO)C(=O)NCC1CCCc2ccccc21. The predicted molar refractivity (Wildman–Crippen MR) is 84.4 cm³/mol. The average Bonchev–Trinajstić information content (AvgIpc) is 2.52. The van der Waals surface area contributed by atoms with Crippen LogP contribution < -0.4 is 5.32 Å². The molecule has 1 aromatic rings. The molecule has 4 nitrogen and oxygen atoms in total. The Balaban J connectivity index is 1.94. The second-order valence-corrected chi connectivity index (χ2v) is 5.43. The molecular formula is C17H24N2O2. The fraction of sp³-hybridized carbons (Fsp3) is 0.471. The van der Waals surface area contributed by atoms with Crippen molar-refractivity contribution in [2.75, 3.05) is 26.2 Å². The van der Waals surface area contributed by atoms with Crippen LogP contribution in [0.1, 0.15) is 29.9 Å². The van der Waals surface area contributed by atoms with Crippen LogP contribution in [0, 0.1) is 0 Å². The van der Waals surface area contributed by atoms with E-state index >= 15 is 0 Å². The van der Waals surface area contributed by atoms with Gasteiger partial charge in [0, 0.05) is 25.6 Å². The molecule has 0 heterocycles. The van der Waals surface area contributed by atoms with E-state index in [-0.39, 0.29) is 12.6 Å². The number of carbonyl (C=O) groups excluding carboxylic acids is 1. The van der Waals surface area contributed by atoms with Gasteiger partial charge in [-0.15, -0.1) is 6.58 Å². The lowest BCUT2D eigenvalue weighted by atomic mass is 9.83. The molecule has 0 bridgehead atoms. The molecule has 2 rings (SSSR count). The predicted octanol–water partition coefficient (Wildman–Crippen LogP) is 2.30. The van der Waals surface area contributed by atoms with E-state index in [0.29, 0.717) is 25.6 Å². The first-order chi connectivity index (χ1) is 10.3. The van der Waals surface area contributed by atoms with Crippen LogP contribution in [-0.4, -0.2) is 42.3 Å². The van der Waals surface area contributed by atoms with Gasteiger partial charge in [-0.2, -0.15) is 0 Å². The summed E-state index contributed by atoms with van der Waals surface area (Å²) < 4.78 is 0. The standard InChI is InChI=1S/C17H24N2O2/c1-2-10-19(11-12-20)17(21)18-13-15-8-5-7-14-6-3-4-9-16(14)15/h2-4,6,9,15,20H,1,5,7-8,10-13H2,(H,18,21). The zero-order chi connectivity index (χ0) is 15.1. The molecule has 0 spiro atoms. The van der Waals surface area contributed by atoms with Crippen molar-refractivity contribution in [2.24, 2.45) is 0 Å². The molecule has 1 aliphatic carbocycles. The van der Waals surface area contributed by atoms with Crippen molar-refractivity contribution in [1.82, 2.24) is 10.2 Å². The van der Waals surface area contributed by atoms with Gasteiger partial charge in [0.2, 0.25) is 0 Å². The molecule has 1 atom stereocenters. The number of nitrogens with zero attached hydrogens (tertiary/aromatic N) is 1. The molecule has 0 fully saturated rings. The summed E-state index contributed by atoms with van der Waals surface area (Å²) in [5.74, 6) is 0.388. The smallest absolute Gasteiger partial charge is 0.317 e. The Bertz CT molecular complexity index is 487. The number of carbonyl (C=O) groups is 1. The summed E-state index contributed by atoms with van der Waals surface area (Å²) in [6.45, 7) is 5.04. The number of aliphatic hydroxyl groups is 1. The lowest BCUT2D eigenvalue weighted by Crippen LogP contribution is -2.43. The molecule has 1 aromatic carbocycles. The average molecular weight is 288 g/mol. The highest BCUT2D eigenvalue weighted by atomic mass is 16.3. The van der Waals surface area contributed by atoms with Gasteiger partial charge in [-0.25, -0.2) is 4.79 Å². The minimum Gasteiger partial charge on any atom is -0.395 e. The number of nitrogens with one attached hydrogen (secondary N) is 1. The van der Waals surface area contributed by atoms with Crippen molar-refractivity contribution < 1.29 is 9.90 Å². The highest BCUT2D eigenvalue weighted by molar-refractivity contribution is 5.74. The second-order valence-electron chi connectivity index (χ2n) is 5.43. The third-order valence-corrected chi connectivity index (χ3v) is 4.00. The number of hydrogen-bond acceptors (Lipinski definition) is 2.